The van der Waals surface area contributed by atoms with Gasteiger partial charge < -0.3 is 35.5 Å². The van der Waals surface area contributed by atoms with Crippen molar-refractivity contribution in [2.45, 2.75) is 64.5 Å². The molecule has 0 saturated carbocycles. The predicted molar refractivity (Wildman–Crippen MR) is 159 cm³/mol. The van der Waals surface area contributed by atoms with Crippen LogP contribution in [0.5, 0.6) is 0 Å². The van der Waals surface area contributed by atoms with Crippen molar-refractivity contribution in [3.8, 4) is 0 Å². The van der Waals surface area contributed by atoms with Crippen LogP contribution in [0.15, 0.2) is 60.7 Å². The van der Waals surface area contributed by atoms with Gasteiger partial charge in [0.2, 0.25) is 5.91 Å². The van der Waals surface area contributed by atoms with Gasteiger partial charge in [-0.1, -0.05) is 60.7 Å². The van der Waals surface area contributed by atoms with Crippen LogP contribution in [0.1, 0.15) is 44.7 Å². The lowest BCUT2D eigenvalue weighted by Gasteiger charge is -2.25. The lowest BCUT2D eigenvalue weighted by Crippen LogP contribution is -2.53. The number of benzene rings is 2. The van der Waals surface area contributed by atoms with E-state index in [1.54, 1.807) is 32.9 Å². The number of carbonyl (C=O) groups is 5. The van der Waals surface area contributed by atoms with Gasteiger partial charge in [0.1, 0.15) is 24.9 Å². The molecule has 2 aromatic carbocycles. The molecule has 2 aromatic rings. The lowest BCUT2D eigenvalue weighted by molar-refractivity contribution is -0.128. The summed E-state index contributed by atoms with van der Waals surface area (Å²) in [4.78, 5) is 62.3. The van der Waals surface area contributed by atoms with Gasteiger partial charge in [0.05, 0.1) is 11.9 Å². The van der Waals surface area contributed by atoms with Gasteiger partial charge in [-0.25, -0.2) is 14.4 Å². The van der Waals surface area contributed by atoms with Crippen LogP contribution in [0.2, 0.25) is 0 Å². The van der Waals surface area contributed by atoms with Gasteiger partial charge >= 0.3 is 18.3 Å². The third kappa shape index (κ3) is 14.9. The second-order valence-corrected chi connectivity index (χ2v) is 10.7. The van der Waals surface area contributed by atoms with Crippen molar-refractivity contribution in [1.82, 2.24) is 21.3 Å². The number of ketones is 1. The average Bonchev–Trinajstić information content (AvgIpc) is 2.97. The van der Waals surface area contributed by atoms with Crippen molar-refractivity contribution in [3.63, 3.8) is 0 Å². The average molecular weight is 619 g/mol. The van der Waals surface area contributed by atoms with Crippen molar-refractivity contribution in [2.75, 3.05) is 19.0 Å². The van der Waals surface area contributed by atoms with Crippen molar-refractivity contribution in [2.24, 2.45) is 0 Å². The van der Waals surface area contributed by atoms with Crippen LogP contribution in [0.25, 0.3) is 0 Å². The molecular formula is C30H39ClN4O8. The quantitative estimate of drug-likeness (QED) is 0.173. The van der Waals surface area contributed by atoms with Crippen LogP contribution in [0.4, 0.5) is 14.4 Å². The fourth-order valence-corrected chi connectivity index (χ4v) is 3.77. The highest BCUT2D eigenvalue weighted by Crippen LogP contribution is 2.08. The summed E-state index contributed by atoms with van der Waals surface area (Å²) in [6.45, 7) is 5.09. The number of ether oxygens (including phenoxy) is 3. The zero-order valence-corrected chi connectivity index (χ0v) is 25.3. The van der Waals surface area contributed by atoms with E-state index < -0.39 is 47.7 Å². The summed E-state index contributed by atoms with van der Waals surface area (Å²) in [5.41, 5.74) is 0.778. The number of hydrogen-bond donors (Lipinski definition) is 4. The molecule has 2 unspecified atom stereocenters. The largest absolute Gasteiger partial charge is 0.445 e. The van der Waals surface area contributed by atoms with E-state index >= 15 is 0 Å². The first kappa shape index (κ1) is 34.9. The molecule has 2 atom stereocenters. The van der Waals surface area contributed by atoms with Gasteiger partial charge in [0.15, 0.2) is 5.78 Å². The molecule has 4 N–H and O–H groups in total. The summed E-state index contributed by atoms with van der Waals surface area (Å²) >= 11 is 5.75. The summed E-state index contributed by atoms with van der Waals surface area (Å²) in [6.07, 6.45) is -2.29. The van der Waals surface area contributed by atoms with Gasteiger partial charge in [-0.05, 0) is 44.7 Å². The molecular weight excluding hydrogens is 580 g/mol. The minimum atomic E-state index is -1.18. The molecule has 0 saturated heterocycles. The first-order valence-electron chi connectivity index (χ1n) is 13.7. The van der Waals surface area contributed by atoms with E-state index in [1.807, 2.05) is 48.5 Å². The first-order valence-corrected chi connectivity index (χ1v) is 14.3. The second kappa shape index (κ2) is 18.3. The Morgan fingerprint density at radius 1 is 0.698 bits per heavy atom. The maximum atomic E-state index is 13.2. The zero-order valence-electron chi connectivity index (χ0n) is 24.5. The molecule has 0 fully saturated rings. The summed E-state index contributed by atoms with van der Waals surface area (Å²) in [5.74, 6) is -1.59. The van der Waals surface area contributed by atoms with E-state index in [2.05, 4.69) is 21.3 Å². The highest BCUT2D eigenvalue weighted by molar-refractivity contribution is 6.28. The summed E-state index contributed by atoms with van der Waals surface area (Å²) in [5, 5.41) is 10.1. The standard InChI is InChI=1S/C30H39ClN4O8/c1-30(2,3)43-29(40)35-24(15-17-33-28(39)42-20-22-12-8-5-9-13-22)26(37)34-23(25(36)18-31)14-16-32-27(38)41-19-21-10-6-4-7-11-21/h4-13,23-24H,14-20H2,1-3H3,(H,32,38)(H,33,39)(H,34,37)(H,35,40). The monoisotopic (exact) mass is 618 g/mol. The van der Waals surface area contributed by atoms with Crippen LogP contribution in [0.3, 0.4) is 0 Å². The molecule has 0 aliphatic heterocycles. The smallest absolute Gasteiger partial charge is 0.408 e. The van der Waals surface area contributed by atoms with E-state index in [1.165, 1.54) is 0 Å². The number of carbonyl (C=O) groups excluding carboxylic acids is 5. The maximum Gasteiger partial charge on any atom is 0.408 e. The Labute approximate surface area is 256 Å². The van der Waals surface area contributed by atoms with E-state index in [9.17, 15) is 24.0 Å². The van der Waals surface area contributed by atoms with E-state index in [-0.39, 0.29) is 45.0 Å². The van der Waals surface area contributed by atoms with E-state index in [4.69, 9.17) is 25.8 Å². The molecule has 43 heavy (non-hydrogen) atoms. The van der Waals surface area contributed by atoms with Crippen LogP contribution in [-0.2, 0) is 37.0 Å². The number of Topliss-reactive ketones (excluding diaryl/α,β-unsaturated/α-hetero) is 1. The van der Waals surface area contributed by atoms with Crippen molar-refractivity contribution in [3.05, 3.63) is 71.8 Å². The van der Waals surface area contributed by atoms with E-state index in [0.717, 1.165) is 11.1 Å². The third-order valence-electron chi connectivity index (χ3n) is 5.67. The Balaban J connectivity index is 1.93. The zero-order chi connectivity index (χ0) is 31.7. The maximum absolute atomic E-state index is 13.2. The van der Waals surface area contributed by atoms with E-state index in [0.29, 0.717) is 0 Å². The normalized spacial score (nSPS) is 12.2. The number of alkyl halides is 1. The van der Waals surface area contributed by atoms with Gasteiger partial charge in [0.25, 0.3) is 0 Å². The van der Waals surface area contributed by atoms with Crippen LogP contribution < -0.4 is 21.3 Å². The number of nitrogens with one attached hydrogen (secondary N) is 4. The molecule has 0 aliphatic carbocycles. The molecule has 2 rings (SSSR count). The Morgan fingerprint density at radius 2 is 1.16 bits per heavy atom. The fraction of sp³-hybridized carbons (Fsp3) is 0.433. The minimum Gasteiger partial charge on any atom is -0.445 e. The van der Waals surface area contributed by atoms with Gasteiger partial charge in [-0.15, -0.1) is 11.6 Å². The number of halogens is 1. The summed E-state index contributed by atoms with van der Waals surface area (Å²) in [7, 11) is 0. The highest BCUT2D eigenvalue weighted by Gasteiger charge is 2.28. The number of alkyl carbamates (subject to hydrolysis) is 3. The molecule has 13 heteroatoms. The Bertz CT molecular complexity index is 1190. The van der Waals surface area contributed by atoms with Crippen LogP contribution in [-0.4, -0.2) is 66.6 Å². The molecule has 4 amide bonds. The Hall–Kier alpha value is -4.32. The summed E-state index contributed by atoms with van der Waals surface area (Å²) < 4.78 is 15.6. The molecule has 12 nitrogen and oxygen atoms in total. The lowest BCUT2D eigenvalue weighted by atomic mass is 10.1. The fourth-order valence-electron chi connectivity index (χ4n) is 3.58. The van der Waals surface area contributed by atoms with Crippen molar-refractivity contribution >= 4 is 41.6 Å². The SMILES string of the molecule is CC(C)(C)OC(=O)NC(CCNC(=O)OCc1ccccc1)C(=O)NC(CCNC(=O)OCc1ccccc1)C(=O)CCl. The predicted octanol–water partition coefficient (Wildman–Crippen LogP) is 3.81. The molecule has 0 aromatic heterocycles. The molecule has 234 valence electrons. The highest BCUT2D eigenvalue weighted by atomic mass is 35.5. The van der Waals surface area contributed by atoms with Crippen LogP contribution >= 0.6 is 11.6 Å². The Kier molecular flexibility index (Phi) is 14.8. The van der Waals surface area contributed by atoms with Crippen molar-refractivity contribution in [1.29, 1.82) is 0 Å². The second-order valence-electron chi connectivity index (χ2n) is 10.4. The molecule has 0 radical (unpaired) electrons. The number of amides is 4. The van der Waals surface area contributed by atoms with Gasteiger partial charge in [-0.2, -0.15) is 0 Å². The third-order valence-corrected chi connectivity index (χ3v) is 5.94. The number of hydrogen-bond acceptors (Lipinski definition) is 8. The number of rotatable bonds is 15. The van der Waals surface area contributed by atoms with Gasteiger partial charge in [0, 0.05) is 13.1 Å². The summed E-state index contributed by atoms with van der Waals surface area (Å²) in [6, 6.07) is 15.9. The minimum absolute atomic E-state index is 0.000169. The first-order chi connectivity index (χ1) is 20.5. The van der Waals surface area contributed by atoms with Crippen LogP contribution in [0, 0.1) is 0 Å². The molecule has 0 spiro atoms. The Morgan fingerprint density at radius 3 is 1.60 bits per heavy atom. The molecule has 0 heterocycles. The molecule has 0 aliphatic rings. The molecule has 0 bridgehead atoms. The van der Waals surface area contributed by atoms with Crippen molar-refractivity contribution < 1.29 is 38.2 Å². The van der Waals surface area contributed by atoms with Gasteiger partial charge in [-0.3, -0.25) is 9.59 Å². The topological polar surface area (TPSA) is 161 Å².